The molecule has 0 aliphatic heterocycles. The van der Waals surface area contributed by atoms with Crippen molar-refractivity contribution in [2.45, 2.75) is 37.7 Å². The Balaban J connectivity index is 2.39. The molecule has 1 rings (SSSR count). The van der Waals surface area contributed by atoms with Gasteiger partial charge in [-0.3, -0.25) is 0 Å². The molecule has 1 aliphatic carbocycles. The molecule has 0 aromatic carbocycles. The number of carbonyl (C=O) groups excluding carboxylic acids is 1. The molecular formula is C8H12ClO3-. The smallest absolute Gasteiger partial charge is 0.252 e. The SMILES string of the molecule is CC1CC(Cl)CCC1OC(=O)[O-]. The van der Waals surface area contributed by atoms with Crippen LogP contribution in [0.15, 0.2) is 0 Å². The second-order valence-electron chi connectivity index (χ2n) is 3.29. The zero-order valence-corrected chi connectivity index (χ0v) is 7.71. The predicted molar refractivity (Wildman–Crippen MR) is 42.9 cm³/mol. The highest BCUT2D eigenvalue weighted by atomic mass is 35.5. The van der Waals surface area contributed by atoms with E-state index in [4.69, 9.17) is 11.6 Å². The molecule has 3 atom stereocenters. The average molecular weight is 192 g/mol. The number of carboxylic acid groups (broad SMARTS) is 1. The Bertz CT molecular complexity index is 172. The molecule has 12 heavy (non-hydrogen) atoms. The van der Waals surface area contributed by atoms with Crippen molar-refractivity contribution < 1.29 is 14.6 Å². The molecule has 3 unspecified atom stereocenters. The molecule has 0 bridgehead atoms. The van der Waals surface area contributed by atoms with Crippen molar-refractivity contribution in [1.29, 1.82) is 0 Å². The first-order valence-corrected chi connectivity index (χ1v) is 4.55. The topological polar surface area (TPSA) is 49.4 Å². The van der Waals surface area contributed by atoms with Crippen LogP contribution in [0.2, 0.25) is 0 Å². The molecule has 3 nitrogen and oxygen atoms in total. The van der Waals surface area contributed by atoms with Gasteiger partial charge in [-0.1, -0.05) is 6.92 Å². The van der Waals surface area contributed by atoms with Crippen molar-refractivity contribution in [2.75, 3.05) is 0 Å². The molecule has 1 saturated carbocycles. The van der Waals surface area contributed by atoms with Gasteiger partial charge in [-0.05, 0) is 25.2 Å². The van der Waals surface area contributed by atoms with Crippen LogP contribution in [0.1, 0.15) is 26.2 Å². The van der Waals surface area contributed by atoms with E-state index in [-0.39, 0.29) is 17.4 Å². The van der Waals surface area contributed by atoms with Crippen LogP contribution in [0.5, 0.6) is 0 Å². The maximum Gasteiger partial charge on any atom is 0.252 e. The second-order valence-corrected chi connectivity index (χ2v) is 3.91. The lowest BCUT2D eigenvalue weighted by molar-refractivity contribution is -0.290. The van der Waals surface area contributed by atoms with Crippen molar-refractivity contribution in [2.24, 2.45) is 5.92 Å². The van der Waals surface area contributed by atoms with E-state index in [1.165, 1.54) is 0 Å². The van der Waals surface area contributed by atoms with Crippen LogP contribution in [0.3, 0.4) is 0 Å². The Morgan fingerprint density at radius 2 is 2.25 bits per heavy atom. The first-order valence-electron chi connectivity index (χ1n) is 4.11. The fraction of sp³-hybridized carbons (Fsp3) is 0.875. The Kier molecular flexibility index (Phi) is 3.20. The number of hydrogen-bond donors (Lipinski definition) is 0. The summed E-state index contributed by atoms with van der Waals surface area (Å²) in [5, 5.41) is 10.3. The molecule has 0 N–H and O–H groups in total. The largest absolute Gasteiger partial charge is 0.546 e. The summed E-state index contributed by atoms with van der Waals surface area (Å²) < 4.78 is 4.60. The lowest BCUT2D eigenvalue weighted by Gasteiger charge is -2.34. The monoisotopic (exact) mass is 191 g/mol. The number of halogens is 1. The number of hydrogen-bond acceptors (Lipinski definition) is 3. The van der Waals surface area contributed by atoms with Crippen molar-refractivity contribution >= 4 is 17.8 Å². The molecule has 0 aromatic rings. The zero-order chi connectivity index (χ0) is 9.14. The van der Waals surface area contributed by atoms with Crippen LogP contribution >= 0.6 is 11.6 Å². The molecule has 0 radical (unpaired) electrons. The summed E-state index contributed by atoms with van der Waals surface area (Å²) in [6, 6.07) is 0. The molecular weight excluding hydrogens is 180 g/mol. The molecule has 1 fully saturated rings. The maximum atomic E-state index is 10.1. The minimum absolute atomic E-state index is 0.168. The van der Waals surface area contributed by atoms with Gasteiger partial charge >= 0.3 is 0 Å². The average Bonchev–Trinajstić information content (AvgIpc) is 1.94. The first-order chi connectivity index (χ1) is 5.59. The van der Waals surface area contributed by atoms with Crippen LogP contribution in [0.25, 0.3) is 0 Å². The van der Waals surface area contributed by atoms with Crippen molar-refractivity contribution in [1.82, 2.24) is 0 Å². The molecule has 0 aromatic heterocycles. The third-order valence-electron chi connectivity index (χ3n) is 2.27. The number of ether oxygens (including phenoxy) is 1. The Hall–Kier alpha value is -0.440. The molecule has 0 spiro atoms. The first kappa shape index (κ1) is 9.65. The van der Waals surface area contributed by atoms with Crippen LogP contribution in [-0.2, 0) is 4.74 Å². The van der Waals surface area contributed by atoms with Gasteiger partial charge in [-0.15, -0.1) is 11.6 Å². The third kappa shape index (κ3) is 2.55. The number of alkyl halides is 1. The van der Waals surface area contributed by atoms with E-state index < -0.39 is 6.16 Å². The normalized spacial score (nSPS) is 36.0. The van der Waals surface area contributed by atoms with Gasteiger partial charge in [0.25, 0.3) is 6.16 Å². The summed E-state index contributed by atoms with van der Waals surface area (Å²) in [5.41, 5.74) is 0. The summed E-state index contributed by atoms with van der Waals surface area (Å²) in [6.07, 6.45) is 0.706. The highest BCUT2D eigenvalue weighted by molar-refractivity contribution is 6.20. The van der Waals surface area contributed by atoms with E-state index >= 15 is 0 Å². The van der Waals surface area contributed by atoms with Crippen molar-refractivity contribution in [3.05, 3.63) is 0 Å². The van der Waals surface area contributed by atoms with Gasteiger partial charge in [0.05, 0.1) is 0 Å². The van der Waals surface area contributed by atoms with Gasteiger partial charge in [0.15, 0.2) is 0 Å². The van der Waals surface area contributed by atoms with Gasteiger partial charge in [0, 0.05) is 11.5 Å². The van der Waals surface area contributed by atoms with E-state index in [1.54, 1.807) is 0 Å². The van der Waals surface area contributed by atoms with Gasteiger partial charge in [0.2, 0.25) is 0 Å². The molecule has 70 valence electrons. The summed E-state index contributed by atoms with van der Waals surface area (Å²) in [7, 11) is 0. The Morgan fingerprint density at radius 3 is 2.75 bits per heavy atom. The maximum absolute atomic E-state index is 10.1. The summed E-state index contributed by atoms with van der Waals surface area (Å²) in [6.45, 7) is 1.95. The molecule has 0 amide bonds. The minimum Gasteiger partial charge on any atom is -0.546 e. The Morgan fingerprint density at radius 1 is 1.58 bits per heavy atom. The summed E-state index contributed by atoms with van der Waals surface area (Å²) in [5.74, 6) is 0.208. The van der Waals surface area contributed by atoms with Crippen molar-refractivity contribution in [3.63, 3.8) is 0 Å². The lowest BCUT2D eigenvalue weighted by atomic mass is 9.87. The summed E-state index contributed by atoms with van der Waals surface area (Å²) in [4.78, 5) is 10.1. The highest BCUT2D eigenvalue weighted by Crippen LogP contribution is 2.29. The fourth-order valence-electron chi connectivity index (χ4n) is 1.60. The minimum atomic E-state index is -1.43. The van der Waals surface area contributed by atoms with Gasteiger partial charge in [-0.2, -0.15) is 0 Å². The lowest BCUT2D eigenvalue weighted by Crippen LogP contribution is -2.36. The van der Waals surface area contributed by atoms with Crippen LogP contribution in [0.4, 0.5) is 4.79 Å². The van der Waals surface area contributed by atoms with E-state index in [9.17, 15) is 9.90 Å². The van der Waals surface area contributed by atoms with E-state index in [1.807, 2.05) is 6.92 Å². The number of carbonyl (C=O) groups is 1. The standard InChI is InChI=1S/C8H13ClO3/c1-5-4-6(9)2-3-7(5)12-8(10)11/h5-7H,2-4H2,1H3,(H,10,11)/p-1. The molecule has 1 aliphatic rings. The van der Waals surface area contributed by atoms with Crippen LogP contribution in [0, 0.1) is 5.92 Å². The van der Waals surface area contributed by atoms with Gasteiger partial charge in [0.1, 0.15) is 0 Å². The highest BCUT2D eigenvalue weighted by Gasteiger charge is 2.25. The van der Waals surface area contributed by atoms with Crippen molar-refractivity contribution in [3.8, 4) is 0 Å². The van der Waals surface area contributed by atoms with E-state index in [2.05, 4.69) is 4.74 Å². The van der Waals surface area contributed by atoms with E-state index in [0.717, 1.165) is 12.8 Å². The molecule has 4 heteroatoms. The third-order valence-corrected chi connectivity index (χ3v) is 2.67. The van der Waals surface area contributed by atoms with E-state index in [0.29, 0.717) is 6.42 Å². The second kappa shape index (κ2) is 3.99. The number of rotatable bonds is 1. The van der Waals surface area contributed by atoms with Crippen LogP contribution in [-0.4, -0.2) is 17.6 Å². The summed E-state index contributed by atoms with van der Waals surface area (Å²) >= 11 is 5.89. The Labute approximate surface area is 76.7 Å². The van der Waals surface area contributed by atoms with Gasteiger partial charge < -0.3 is 14.6 Å². The van der Waals surface area contributed by atoms with Crippen LogP contribution < -0.4 is 5.11 Å². The zero-order valence-electron chi connectivity index (χ0n) is 6.96. The molecule has 0 saturated heterocycles. The molecule has 0 heterocycles. The van der Waals surface area contributed by atoms with Gasteiger partial charge in [-0.25, -0.2) is 0 Å². The predicted octanol–water partition coefficient (Wildman–Crippen LogP) is 1.14. The fourth-order valence-corrected chi connectivity index (χ4v) is 2.01. The quantitative estimate of drug-likeness (QED) is 0.461.